The summed E-state index contributed by atoms with van der Waals surface area (Å²) in [5.41, 5.74) is 8.53. The number of rotatable bonds is 9. The normalized spacial score (nSPS) is 10.8. The number of hydrogen-bond acceptors (Lipinski definition) is 6. The maximum atomic E-state index is 12.1. The van der Waals surface area contributed by atoms with Crippen molar-refractivity contribution in [2.75, 3.05) is 17.6 Å². The molecule has 130 valence electrons. The van der Waals surface area contributed by atoms with E-state index in [1.165, 1.54) is 11.8 Å². The van der Waals surface area contributed by atoms with E-state index in [-0.39, 0.29) is 11.7 Å². The lowest BCUT2D eigenvalue weighted by atomic mass is 10.1. The number of carbonyl (C=O) groups is 1. The maximum Gasteiger partial charge on any atom is 0.277 e. The van der Waals surface area contributed by atoms with Crippen LogP contribution in [0.3, 0.4) is 0 Å². The molecule has 0 saturated heterocycles. The van der Waals surface area contributed by atoms with Gasteiger partial charge in [0.2, 0.25) is 11.8 Å². The molecule has 1 aromatic heterocycles. The minimum Gasteiger partial charge on any atom is -0.416 e. The van der Waals surface area contributed by atoms with Gasteiger partial charge in [-0.2, -0.15) is 0 Å². The molecule has 0 saturated carbocycles. The van der Waals surface area contributed by atoms with Crippen LogP contribution in [0.25, 0.3) is 0 Å². The van der Waals surface area contributed by atoms with E-state index in [9.17, 15) is 4.79 Å². The average Bonchev–Trinajstić information content (AvgIpc) is 3.02. The van der Waals surface area contributed by atoms with Crippen molar-refractivity contribution < 1.29 is 9.21 Å². The second kappa shape index (κ2) is 9.44. The Hall–Kier alpha value is -1.86. The molecule has 0 unspecified atom stereocenters. The Balaban J connectivity index is 1.77. The lowest BCUT2D eigenvalue weighted by molar-refractivity contribution is -0.113. The number of benzene rings is 1. The van der Waals surface area contributed by atoms with Crippen LogP contribution in [0.4, 0.5) is 5.69 Å². The second-order valence-electron chi connectivity index (χ2n) is 5.65. The number of nitrogens with one attached hydrogen (secondary N) is 1. The molecular weight excluding hydrogens is 324 g/mol. The van der Waals surface area contributed by atoms with E-state index >= 15 is 0 Å². The van der Waals surface area contributed by atoms with Crippen LogP contribution in [0.15, 0.2) is 27.8 Å². The number of hydrogen-bond donors (Lipinski definition) is 2. The summed E-state index contributed by atoms with van der Waals surface area (Å²) >= 11 is 1.25. The SMILES string of the molecule is Cc1cccc(NC(=O)CSc2nnc(CCCCCN)o2)c1C. The number of amides is 1. The number of nitrogens with zero attached hydrogens (tertiary/aromatic N) is 2. The Labute approximate surface area is 146 Å². The molecule has 0 bridgehead atoms. The van der Waals surface area contributed by atoms with E-state index in [2.05, 4.69) is 15.5 Å². The number of aryl methyl sites for hydroxylation is 2. The van der Waals surface area contributed by atoms with Crippen molar-refractivity contribution in [3.05, 3.63) is 35.2 Å². The first-order chi connectivity index (χ1) is 11.6. The molecule has 0 spiro atoms. The van der Waals surface area contributed by atoms with E-state index in [1.807, 2.05) is 32.0 Å². The smallest absolute Gasteiger partial charge is 0.277 e. The summed E-state index contributed by atoms with van der Waals surface area (Å²) in [5, 5.41) is 11.3. The van der Waals surface area contributed by atoms with Gasteiger partial charge in [0.05, 0.1) is 5.75 Å². The highest BCUT2D eigenvalue weighted by Crippen LogP contribution is 2.20. The van der Waals surface area contributed by atoms with Gasteiger partial charge in [-0.15, -0.1) is 10.2 Å². The monoisotopic (exact) mass is 348 g/mol. The van der Waals surface area contributed by atoms with Crippen molar-refractivity contribution in [2.45, 2.75) is 44.8 Å². The third kappa shape index (κ3) is 5.65. The molecule has 0 radical (unpaired) electrons. The highest BCUT2D eigenvalue weighted by molar-refractivity contribution is 7.99. The zero-order chi connectivity index (χ0) is 17.4. The minimum absolute atomic E-state index is 0.0867. The van der Waals surface area contributed by atoms with E-state index in [0.29, 0.717) is 17.7 Å². The van der Waals surface area contributed by atoms with Crippen LogP contribution < -0.4 is 11.1 Å². The summed E-state index contributed by atoms with van der Waals surface area (Å²) < 4.78 is 5.54. The predicted molar refractivity (Wildman–Crippen MR) is 96.2 cm³/mol. The van der Waals surface area contributed by atoms with Crippen LogP contribution in [0.5, 0.6) is 0 Å². The van der Waals surface area contributed by atoms with Crippen LogP contribution >= 0.6 is 11.8 Å². The van der Waals surface area contributed by atoms with E-state index in [4.69, 9.17) is 10.2 Å². The fourth-order valence-electron chi connectivity index (χ4n) is 2.19. The molecule has 1 amide bonds. The van der Waals surface area contributed by atoms with Crippen molar-refractivity contribution in [1.29, 1.82) is 0 Å². The highest BCUT2D eigenvalue weighted by atomic mass is 32.2. The molecule has 1 aromatic carbocycles. The molecule has 6 nitrogen and oxygen atoms in total. The van der Waals surface area contributed by atoms with Crippen molar-refractivity contribution in [2.24, 2.45) is 5.73 Å². The van der Waals surface area contributed by atoms with Crippen LogP contribution in [0, 0.1) is 13.8 Å². The number of thioether (sulfide) groups is 1. The van der Waals surface area contributed by atoms with Crippen molar-refractivity contribution in [1.82, 2.24) is 10.2 Å². The van der Waals surface area contributed by atoms with E-state index in [1.54, 1.807) is 0 Å². The standard InChI is InChI=1S/C17H24N4O2S/c1-12-7-6-8-14(13(12)2)19-15(22)11-24-17-21-20-16(23-17)9-4-3-5-10-18/h6-8H,3-5,9-11,18H2,1-2H3,(H,19,22). The summed E-state index contributed by atoms with van der Waals surface area (Å²) in [6.07, 6.45) is 3.80. The van der Waals surface area contributed by atoms with Gasteiger partial charge in [0.1, 0.15) is 0 Å². The van der Waals surface area contributed by atoms with E-state index < -0.39 is 0 Å². The number of aromatic nitrogens is 2. The fraction of sp³-hybridized carbons (Fsp3) is 0.471. The first-order valence-corrected chi connectivity index (χ1v) is 9.10. The topological polar surface area (TPSA) is 94.0 Å². The Morgan fingerprint density at radius 3 is 2.88 bits per heavy atom. The number of unbranched alkanes of at least 4 members (excludes halogenated alkanes) is 2. The summed E-state index contributed by atoms with van der Waals surface area (Å²) in [6.45, 7) is 4.72. The maximum absolute atomic E-state index is 12.1. The zero-order valence-corrected chi connectivity index (χ0v) is 15.0. The van der Waals surface area contributed by atoms with Gasteiger partial charge in [0.15, 0.2) is 0 Å². The molecule has 0 fully saturated rings. The van der Waals surface area contributed by atoms with Gasteiger partial charge >= 0.3 is 0 Å². The Morgan fingerprint density at radius 2 is 2.08 bits per heavy atom. The quantitative estimate of drug-likeness (QED) is 0.534. The highest BCUT2D eigenvalue weighted by Gasteiger charge is 2.11. The lowest BCUT2D eigenvalue weighted by Gasteiger charge is -2.09. The van der Waals surface area contributed by atoms with Gasteiger partial charge in [-0.25, -0.2) is 0 Å². The molecule has 3 N–H and O–H groups in total. The molecule has 24 heavy (non-hydrogen) atoms. The van der Waals surface area contributed by atoms with Gasteiger partial charge in [0.25, 0.3) is 5.22 Å². The van der Waals surface area contributed by atoms with E-state index in [0.717, 1.165) is 42.5 Å². The van der Waals surface area contributed by atoms with Crippen molar-refractivity contribution >= 4 is 23.4 Å². The molecule has 2 aromatic rings. The Bertz CT molecular complexity index is 672. The minimum atomic E-state index is -0.0867. The number of carbonyl (C=O) groups excluding carboxylic acids is 1. The number of anilines is 1. The first-order valence-electron chi connectivity index (χ1n) is 8.11. The Morgan fingerprint density at radius 1 is 1.25 bits per heavy atom. The summed E-state index contributed by atoms with van der Waals surface area (Å²) in [7, 11) is 0. The van der Waals surface area contributed by atoms with Crippen LogP contribution in [-0.2, 0) is 11.2 Å². The molecule has 0 atom stereocenters. The summed E-state index contributed by atoms with van der Waals surface area (Å²) in [4.78, 5) is 12.1. The molecule has 7 heteroatoms. The summed E-state index contributed by atoms with van der Waals surface area (Å²) in [6, 6.07) is 5.85. The lowest BCUT2D eigenvalue weighted by Crippen LogP contribution is -2.15. The van der Waals surface area contributed by atoms with Gasteiger partial charge < -0.3 is 15.5 Å². The first kappa shape index (κ1) is 18.5. The second-order valence-corrected chi connectivity index (χ2v) is 6.57. The third-order valence-electron chi connectivity index (χ3n) is 3.75. The average molecular weight is 348 g/mol. The Kier molecular flexibility index (Phi) is 7.27. The van der Waals surface area contributed by atoms with Crippen LogP contribution in [-0.4, -0.2) is 28.4 Å². The van der Waals surface area contributed by atoms with Crippen molar-refractivity contribution in [3.8, 4) is 0 Å². The van der Waals surface area contributed by atoms with Gasteiger partial charge in [-0.05, 0) is 50.4 Å². The van der Waals surface area contributed by atoms with Gasteiger partial charge in [-0.1, -0.05) is 30.3 Å². The van der Waals surface area contributed by atoms with Crippen molar-refractivity contribution in [3.63, 3.8) is 0 Å². The third-order valence-corrected chi connectivity index (χ3v) is 4.57. The molecule has 0 aliphatic rings. The largest absolute Gasteiger partial charge is 0.416 e. The number of nitrogens with two attached hydrogens (primary N) is 1. The van der Waals surface area contributed by atoms with Crippen LogP contribution in [0.2, 0.25) is 0 Å². The summed E-state index contributed by atoms with van der Waals surface area (Å²) in [5.74, 6) is 0.767. The zero-order valence-electron chi connectivity index (χ0n) is 14.2. The van der Waals surface area contributed by atoms with Gasteiger partial charge in [-0.3, -0.25) is 4.79 Å². The molecule has 1 heterocycles. The van der Waals surface area contributed by atoms with Crippen LogP contribution in [0.1, 0.15) is 36.3 Å². The van der Waals surface area contributed by atoms with Gasteiger partial charge in [0, 0.05) is 12.1 Å². The molecular formula is C17H24N4O2S. The molecule has 2 rings (SSSR count). The predicted octanol–water partition coefficient (Wildman–Crippen LogP) is 3.09. The molecule has 0 aliphatic carbocycles. The fourth-order valence-corrected chi connectivity index (χ4v) is 2.78. The molecule has 0 aliphatic heterocycles.